The van der Waals surface area contributed by atoms with Crippen molar-refractivity contribution in [3.05, 3.63) is 40.1 Å². The molecule has 0 aliphatic heterocycles. The summed E-state index contributed by atoms with van der Waals surface area (Å²) in [6.45, 7) is 0.338. The molecule has 2 rings (SSSR count). The highest BCUT2D eigenvalue weighted by atomic mass is 79.9. The van der Waals surface area contributed by atoms with E-state index in [-0.39, 0.29) is 5.56 Å². The summed E-state index contributed by atoms with van der Waals surface area (Å²) in [5.74, 6) is -0.302. The van der Waals surface area contributed by atoms with Crippen molar-refractivity contribution < 1.29 is 14.6 Å². The van der Waals surface area contributed by atoms with E-state index in [0.29, 0.717) is 18.0 Å². The molecule has 6 nitrogen and oxygen atoms in total. The normalized spacial score (nSPS) is 10.3. The first-order valence-electron chi connectivity index (χ1n) is 5.84. The number of anilines is 1. The summed E-state index contributed by atoms with van der Waals surface area (Å²) in [5, 5.41) is 16.2. The minimum Gasteiger partial charge on any atom is -0.495 e. The number of rotatable bonds is 5. The van der Waals surface area contributed by atoms with Crippen LogP contribution in [0.3, 0.4) is 0 Å². The molecule has 1 aromatic carbocycles. The molecule has 1 aromatic heterocycles. The zero-order valence-electron chi connectivity index (χ0n) is 11.1. The summed E-state index contributed by atoms with van der Waals surface area (Å²) < 4.78 is 7.71. The molecule has 2 aromatic rings. The fourth-order valence-electron chi connectivity index (χ4n) is 1.85. The number of ether oxygens (including phenoxy) is 1. The topological polar surface area (TPSA) is 76.4 Å². The number of benzene rings is 1. The maximum Gasteiger partial charge on any atom is 0.339 e. The van der Waals surface area contributed by atoms with Crippen LogP contribution in [0.2, 0.25) is 0 Å². The molecule has 2 N–H and O–H groups in total. The van der Waals surface area contributed by atoms with E-state index in [0.717, 1.165) is 10.2 Å². The van der Waals surface area contributed by atoms with E-state index in [9.17, 15) is 4.79 Å². The Bertz CT molecular complexity index is 640. The average Bonchev–Trinajstić information content (AvgIpc) is 2.78. The number of methoxy groups -OCH3 is 1. The minimum atomic E-state index is -0.990. The molecule has 0 saturated carbocycles. The third kappa shape index (κ3) is 2.93. The average molecular weight is 340 g/mol. The maximum atomic E-state index is 11.1. The Morgan fingerprint density at radius 1 is 1.55 bits per heavy atom. The van der Waals surface area contributed by atoms with Gasteiger partial charge in [-0.1, -0.05) is 15.9 Å². The smallest absolute Gasteiger partial charge is 0.339 e. The van der Waals surface area contributed by atoms with Crippen LogP contribution in [0.1, 0.15) is 16.1 Å². The van der Waals surface area contributed by atoms with Crippen molar-refractivity contribution in [2.45, 2.75) is 6.54 Å². The van der Waals surface area contributed by atoms with Crippen LogP contribution in [0.25, 0.3) is 0 Å². The summed E-state index contributed by atoms with van der Waals surface area (Å²) >= 11 is 3.39. The van der Waals surface area contributed by atoms with Gasteiger partial charge in [-0.2, -0.15) is 5.10 Å². The van der Waals surface area contributed by atoms with Gasteiger partial charge in [0.2, 0.25) is 0 Å². The van der Waals surface area contributed by atoms with Crippen LogP contribution in [0.4, 0.5) is 5.69 Å². The van der Waals surface area contributed by atoms with Crippen LogP contribution < -0.4 is 10.1 Å². The molecule has 0 aliphatic rings. The molecule has 0 aliphatic carbocycles. The van der Waals surface area contributed by atoms with Crippen molar-refractivity contribution >= 4 is 27.6 Å². The van der Waals surface area contributed by atoms with Crippen LogP contribution in [0.15, 0.2) is 28.9 Å². The van der Waals surface area contributed by atoms with E-state index in [4.69, 9.17) is 9.84 Å². The van der Waals surface area contributed by atoms with Crippen molar-refractivity contribution in [2.75, 3.05) is 12.4 Å². The molecule has 0 bridgehead atoms. The summed E-state index contributed by atoms with van der Waals surface area (Å²) in [5.41, 5.74) is 1.56. The van der Waals surface area contributed by atoms with Gasteiger partial charge in [0.25, 0.3) is 0 Å². The molecule has 1 heterocycles. The Morgan fingerprint density at radius 2 is 2.30 bits per heavy atom. The van der Waals surface area contributed by atoms with Crippen molar-refractivity contribution in [3.8, 4) is 5.75 Å². The number of aromatic nitrogens is 2. The quantitative estimate of drug-likeness (QED) is 0.875. The van der Waals surface area contributed by atoms with Crippen LogP contribution in [-0.4, -0.2) is 28.0 Å². The van der Waals surface area contributed by atoms with Gasteiger partial charge in [-0.05, 0) is 18.2 Å². The molecule has 0 spiro atoms. The van der Waals surface area contributed by atoms with Gasteiger partial charge in [0.1, 0.15) is 11.3 Å². The number of hydrogen-bond donors (Lipinski definition) is 2. The number of nitrogens with one attached hydrogen (secondary N) is 1. The molecule has 0 atom stereocenters. The first-order chi connectivity index (χ1) is 9.52. The number of carboxylic acid groups (broad SMARTS) is 1. The molecular formula is C13H14BrN3O3. The second-order valence-electron chi connectivity index (χ2n) is 4.13. The number of nitrogens with zero attached hydrogens (tertiary/aromatic N) is 2. The predicted molar refractivity (Wildman–Crippen MR) is 78.2 cm³/mol. The standard InChI is InChI=1S/C13H14BrN3O3/c1-17-11(9(6-16-17)13(18)19)7-15-10-5-8(14)3-4-12(10)20-2/h3-6,15H,7H2,1-2H3,(H,18,19). The van der Waals surface area contributed by atoms with E-state index in [1.54, 1.807) is 18.8 Å². The predicted octanol–water partition coefficient (Wildman–Crippen LogP) is 2.50. The molecule has 0 radical (unpaired) electrons. The second kappa shape index (κ2) is 5.96. The van der Waals surface area contributed by atoms with Crippen LogP contribution in [-0.2, 0) is 13.6 Å². The number of carbonyl (C=O) groups is 1. The number of carboxylic acids is 1. The van der Waals surface area contributed by atoms with Gasteiger partial charge in [0.05, 0.1) is 31.2 Å². The van der Waals surface area contributed by atoms with Crippen LogP contribution >= 0.6 is 15.9 Å². The van der Waals surface area contributed by atoms with Crippen molar-refractivity contribution in [1.29, 1.82) is 0 Å². The Morgan fingerprint density at radius 3 is 2.95 bits per heavy atom. The number of aryl methyl sites for hydroxylation is 1. The molecule has 0 fully saturated rings. The summed E-state index contributed by atoms with van der Waals surface area (Å²) in [4.78, 5) is 11.1. The molecule has 0 saturated heterocycles. The van der Waals surface area contributed by atoms with Gasteiger partial charge in [-0.3, -0.25) is 4.68 Å². The highest BCUT2D eigenvalue weighted by Crippen LogP contribution is 2.28. The Labute approximate surface area is 124 Å². The lowest BCUT2D eigenvalue weighted by molar-refractivity contribution is 0.0695. The lowest BCUT2D eigenvalue weighted by Crippen LogP contribution is -2.10. The largest absolute Gasteiger partial charge is 0.495 e. The number of hydrogen-bond acceptors (Lipinski definition) is 4. The van der Waals surface area contributed by atoms with Gasteiger partial charge in [0.15, 0.2) is 0 Å². The molecule has 20 heavy (non-hydrogen) atoms. The second-order valence-corrected chi connectivity index (χ2v) is 5.05. The Balaban J connectivity index is 2.23. The van der Waals surface area contributed by atoms with Crippen LogP contribution in [0, 0.1) is 0 Å². The Kier molecular flexibility index (Phi) is 4.29. The van der Waals surface area contributed by atoms with E-state index in [2.05, 4.69) is 26.3 Å². The maximum absolute atomic E-state index is 11.1. The van der Waals surface area contributed by atoms with E-state index in [1.807, 2.05) is 18.2 Å². The monoisotopic (exact) mass is 339 g/mol. The molecule has 7 heteroatoms. The Hall–Kier alpha value is -2.02. The van der Waals surface area contributed by atoms with E-state index >= 15 is 0 Å². The SMILES string of the molecule is COc1ccc(Br)cc1NCc1c(C(=O)O)cnn1C. The highest BCUT2D eigenvalue weighted by Gasteiger charge is 2.15. The van der Waals surface area contributed by atoms with Gasteiger partial charge >= 0.3 is 5.97 Å². The highest BCUT2D eigenvalue weighted by molar-refractivity contribution is 9.10. The van der Waals surface area contributed by atoms with E-state index in [1.165, 1.54) is 6.20 Å². The fraction of sp³-hybridized carbons (Fsp3) is 0.231. The lowest BCUT2D eigenvalue weighted by atomic mass is 10.2. The summed E-state index contributed by atoms with van der Waals surface area (Å²) in [6, 6.07) is 5.57. The zero-order valence-corrected chi connectivity index (χ0v) is 12.6. The fourth-order valence-corrected chi connectivity index (χ4v) is 2.21. The number of halogens is 1. The van der Waals surface area contributed by atoms with Crippen molar-refractivity contribution in [3.63, 3.8) is 0 Å². The minimum absolute atomic E-state index is 0.189. The first-order valence-corrected chi connectivity index (χ1v) is 6.63. The first kappa shape index (κ1) is 14.4. The van der Waals surface area contributed by atoms with Gasteiger partial charge < -0.3 is 15.2 Å². The zero-order chi connectivity index (χ0) is 14.7. The van der Waals surface area contributed by atoms with Crippen LogP contribution in [0.5, 0.6) is 5.75 Å². The molecule has 0 amide bonds. The number of aromatic carboxylic acids is 1. The lowest BCUT2D eigenvalue weighted by Gasteiger charge is -2.12. The summed E-state index contributed by atoms with van der Waals surface area (Å²) in [6.07, 6.45) is 1.34. The molecule has 0 unspecified atom stereocenters. The van der Waals surface area contributed by atoms with Crippen molar-refractivity contribution in [2.24, 2.45) is 7.05 Å². The third-order valence-corrected chi connectivity index (χ3v) is 3.39. The molecule has 106 valence electrons. The van der Waals surface area contributed by atoms with Crippen molar-refractivity contribution in [1.82, 2.24) is 9.78 Å². The summed E-state index contributed by atoms with van der Waals surface area (Å²) in [7, 11) is 3.29. The van der Waals surface area contributed by atoms with Gasteiger partial charge in [0, 0.05) is 11.5 Å². The third-order valence-electron chi connectivity index (χ3n) is 2.90. The van der Waals surface area contributed by atoms with Gasteiger partial charge in [-0.25, -0.2) is 4.79 Å². The van der Waals surface area contributed by atoms with E-state index < -0.39 is 5.97 Å². The molecular weight excluding hydrogens is 326 g/mol. The van der Waals surface area contributed by atoms with Gasteiger partial charge in [-0.15, -0.1) is 0 Å².